The number of imidazole rings is 1. The number of carbonyl (C=O) groups excluding carboxylic acids is 1. The van der Waals surface area contributed by atoms with E-state index in [0.717, 1.165) is 4.57 Å². The molecule has 1 unspecified atom stereocenters. The fourth-order valence-corrected chi connectivity index (χ4v) is 3.26. The zero-order valence-electron chi connectivity index (χ0n) is 17.0. The van der Waals surface area contributed by atoms with Crippen LogP contribution in [0.2, 0.25) is 0 Å². The van der Waals surface area contributed by atoms with Gasteiger partial charge < -0.3 is 10.1 Å². The SMILES string of the molecule is CC(Oc1ccc(C#N)cc1)C(=O)Nc1ccc(-c2nc3ccccc3n2C(F)F)cc1. The van der Waals surface area contributed by atoms with Crippen LogP contribution in [0.5, 0.6) is 5.75 Å². The number of rotatable bonds is 6. The van der Waals surface area contributed by atoms with Gasteiger partial charge >= 0.3 is 6.55 Å². The number of ether oxygens (including phenoxy) is 1. The van der Waals surface area contributed by atoms with Gasteiger partial charge in [-0.3, -0.25) is 9.36 Å². The largest absolute Gasteiger partial charge is 0.481 e. The highest BCUT2D eigenvalue weighted by Crippen LogP contribution is 2.30. The maximum absolute atomic E-state index is 13.7. The van der Waals surface area contributed by atoms with Gasteiger partial charge in [0.25, 0.3) is 5.91 Å². The number of hydrogen-bond acceptors (Lipinski definition) is 4. The first kappa shape index (κ1) is 21.0. The standard InChI is InChI=1S/C24H18F2N4O2/c1-15(32-19-12-6-16(14-27)7-13-19)23(31)28-18-10-8-17(9-11-18)22-29-20-4-2-3-5-21(20)30(22)24(25)26/h2-13,15,24H,1H3,(H,28,31). The van der Waals surface area contributed by atoms with Crippen LogP contribution in [0.3, 0.4) is 0 Å². The van der Waals surface area contributed by atoms with Crippen LogP contribution in [-0.4, -0.2) is 21.6 Å². The number of nitriles is 1. The van der Waals surface area contributed by atoms with Crippen LogP contribution in [0.1, 0.15) is 19.0 Å². The Labute approximate surface area is 182 Å². The van der Waals surface area contributed by atoms with Gasteiger partial charge in [-0.2, -0.15) is 14.0 Å². The molecule has 1 N–H and O–H groups in total. The molecule has 0 spiro atoms. The lowest BCUT2D eigenvalue weighted by Gasteiger charge is -2.15. The van der Waals surface area contributed by atoms with Crippen LogP contribution in [0, 0.1) is 11.3 Å². The van der Waals surface area contributed by atoms with Crippen molar-refractivity contribution in [3.05, 3.63) is 78.4 Å². The van der Waals surface area contributed by atoms with Gasteiger partial charge in [0.05, 0.1) is 22.7 Å². The number of nitrogens with one attached hydrogen (secondary N) is 1. The molecule has 32 heavy (non-hydrogen) atoms. The Hall–Kier alpha value is -4.25. The summed E-state index contributed by atoms with van der Waals surface area (Å²) in [5.74, 6) is 0.242. The number of fused-ring (bicyclic) bond motifs is 1. The van der Waals surface area contributed by atoms with E-state index in [9.17, 15) is 13.6 Å². The summed E-state index contributed by atoms with van der Waals surface area (Å²) in [4.78, 5) is 16.8. The zero-order valence-corrected chi connectivity index (χ0v) is 17.0. The summed E-state index contributed by atoms with van der Waals surface area (Å²) in [5.41, 5.74) is 2.32. The first-order valence-corrected chi connectivity index (χ1v) is 9.79. The predicted molar refractivity (Wildman–Crippen MR) is 116 cm³/mol. The van der Waals surface area contributed by atoms with E-state index >= 15 is 0 Å². The van der Waals surface area contributed by atoms with E-state index in [-0.39, 0.29) is 11.7 Å². The number of para-hydroxylation sites is 2. The molecule has 6 nitrogen and oxygen atoms in total. The van der Waals surface area contributed by atoms with Crippen LogP contribution in [-0.2, 0) is 4.79 Å². The summed E-state index contributed by atoms with van der Waals surface area (Å²) in [6.07, 6.45) is -0.786. The van der Waals surface area contributed by atoms with Crippen molar-refractivity contribution in [2.45, 2.75) is 19.6 Å². The number of aromatic nitrogens is 2. The molecule has 8 heteroatoms. The molecule has 0 aliphatic carbocycles. The smallest absolute Gasteiger partial charge is 0.320 e. The van der Waals surface area contributed by atoms with E-state index in [1.165, 1.54) is 0 Å². The van der Waals surface area contributed by atoms with Crippen LogP contribution in [0.25, 0.3) is 22.4 Å². The van der Waals surface area contributed by atoms with Crippen molar-refractivity contribution in [1.82, 2.24) is 9.55 Å². The molecule has 0 aliphatic heterocycles. The fraction of sp³-hybridized carbons (Fsp3) is 0.125. The number of alkyl halides is 2. The minimum Gasteiger partial charge on any atom is -0.481 e. The molecule has 0 bridgehead atoms. The van der Waals surface area contributed by atoms with Gasteiger partial charge in [0.2, 0.25) is 0 Å². The van der Waals surface area contributed by atoms with Crippen LogP contribution in [0.15, 0.2) is 72.8 Å². The number of benzene rings is 3. The van der Waals surface area contributed by atoms with Crippen molar-refractivity contribution in [2.24, 2.45) is 0 Å². The van der Waals surface area contributed by atoms with Crippen molar-refractivity contribution in [2.75, 3.05) is 5.32 Å². The lowest BCUT2D eigenvalue weighted by atomic mass is 10.2. The number of amides is 1. The molecule has 0 aliphatic rings. The molecule has 160 valence electrons. The second-order valence-electron chi connectivity index (χ2n) is 7.03. The van der Waals surface area contributed by atoms with Crippen molar-refractivity contribution in [3.8, 4) is 23.2 Å². The monoisotopic (exact) mass is 432 g/mol. The third kappa shape index (κ3) is 4.27. The first-order valence-electron chi connectivity index (χ1n) is 9.79. The van der Waals surface area contributed by atoms with Crippen molar-refractivity contribution in [3.63, 3.8) is 0 Å². The summed E-state index contributed by atoms with van der Waals surface area (Å²) in [5, 5.41) is 11.6. The van der Waals surface area contributed by atoms with Gasteiger partial charge in [0, 0.05) is 11.3 Å². The summed E-state index contributed by atoms with van der Waals surface area (Å²) in [6.45, 7) is -1.13. The maximum Gasteiger partial charge on any atom is 0.320 e. The Morgan fingerprint density at radius 1 is 1.06 bits per heavy atom. The summed E-state index contributed by atoms with van der Waals surface area (Å²) >= 11 is 0. The third-order valence-corrected chi connectivity index (χ3v) is 4.87. The number of hydrogen-bond donors (Lipinski definition) is 1. The minimum atomic E-state index is -2.74. The van der Waals surface area contributed by atoms with E-state index in [1.54, 1.807) is 79.7 Å². The Kier molecular flexibility index (Phi) is 5.81. The molecule has 1 heterocycles. The molecular weight excluding hydrogens is 414 g/mol. The van der Waals surface area contributed by atoms with Gasteiger partial charge in [0.1, 0.15) is 11.6 Å². The van der Waals surface area contributed by atoms with E-state index in [2.05, 4.69) is 10.3 Å². The lowest BCUT2D eigenvalue weighted by molar-refractivity contribution is -0.122. The predicted octanol–water partition coefficient (Wildman–Crippen LogP) is 5.38. The van der Waals surface area contributed by atoms with Crippen LogP contribution < -0.4 is 10.1 Å². The molecule has 1 aromatic heterocycles. The van der Waals surface area contributed by atoms with Gasteiger partial charge in [-0.15, -0.1) is 0 Å². The molecule has 0 saturated carbocycles. The quantitative estimate of drug-likeness (QED) is 0.444. The normalized spacial score (nSPS) is 11.8. The Morgan fingerprint density at radius 3 is 2.41 bits per heavy atom. The highest BCUT2D eigenvalue weighted by molar-refractivity contribution is 5.94. The van der Waals surface area contributed by atoms with Gasteiger partial charge in [-0.1, -0.05) is 12.1 Å². The average Bonchev–Trinajstić information content (AvgIpc) is 3.20. The first-order chi connectivity index (χ1) is 15.5. The number of anilines is 1. The third-order valence-electron chi connectivity index (χ3n) is 4.87. The summed E-state index contributed by atoms with van der Waals surface area (Å²) < 4.78 is 33.8. The lowest BCUT2D eigenvalue weighted by Crippen LogP contribution is -2.30. The topological polar surface area (TPSA) is 79.9 Å². The zero-order chi connectivity index (χ0) is 22.7. The number of nitrogens with zero attached hydrogens (tertiary/aromatic N) is 3. The van der Waals surface area contributed by atoms with Gasteiger partial charge in [-0.05, 0) is 67.6 Å². The summed E-state index contributed by atoms with van der Waals surface area (Å²) in [6, 6.07) is 21.7. The van der Waals surface area contributed by atoms with E-state index in [4.69, 9.17) is 10.00 Å². The molecule has 3 aromatic carbocycles. The Bertz CT molecular complexity index is 1290. The highest BCUT2D eigenvalue weighted by atomic mass is 19.3. The molecule has 1 atom stereocenters. The second-order valence-corrected chi connectivity index (χ2v) is 7.03. The Morgan fingerprint density at radius 2 is 1.75 bits per heavy atom. The van der Waals surface area contributed by atoms with E-state index in [1.807, 2.05) is 6.07 Å². The molecular formula is C24H18F2N4O2. The maximum atomic E-state index is 13.7. The van der Waals surface area contributed by atoms with E-state index < -0.39 is 12.7 Å². The minimum absolute atomic E-state index is 0.150. The molecule has 0 saturated heterocycles. The Balaban J connectivity index is 1.48. The van der Waals surface area contributed by atoms with Crippen molar-refractivity contribution in [1.29, 1.82) is 5.26 Å². The second kappa shape index (κ2) is 8.86. The molecule has 4 rings (SSSR count). The van der Waals surface area contributed by atoms with Crippen LogP contribution >= 0.6 is 0 Å². The molecule has 4 aromatic rings. The van der Waals surface area contributed by atoms with Gasteiger partial charge in [0.15, 0.2) is 6.10 Å². The average molecular weight is 432 g/mol. The van der Waals surface area contributed by atoms with Crippen molar-refractivity contribution < 1.29 is 18.3 Å². The van der Waals surface area contributed by atoms with Gasteiger partial charge in [-0.25, -0.2) is 4.98 Å². The van der Waals surface area contributed by atoms with Crippen molar-refractivity contribution >= 4 is 22.6 Å². The number of halogens is 2. The molecule has 0 radical (unpaired) electrons. The van der Waals surface area contributed by atoms with Crippen LogP contribution in [0.4, 0.5) is 14.5 Å². The van der Waals surface area contributed by atoms with E-state index in [0.29, 0.717) is 33.6 Å². The number of carbonyl (C=O) groups is 1. The highest BCUT2D eigenvalue weighted by Gasteiger charge is 2.19. The molecule has 1 amide bonds. The fourth-order valence-electron chi connectivity index (χ4n) is 3.26. The summed E-state index contributed by atoms with van der Waals surface area (Å²) in [7, 11) is 0. The molecule has 0 fully saturated rings.